The zero-order chi connectivity index (χ0) is 18.7. The molecule has 0 bridgehead atoms. The standard InChI is InChI=1S/C16H20O9S/c1-26(19,20)25-13-11(9-23-15(18)10-5-3-2-4-6-10)24-14(12(13)17)16-21-7-8-22-16/h2-6,11-14,16-17H,7-9H2,1H3/t11-,12+,13-,14+/m0/s1. The molecule has 1 aromatic rings. The molecule has 4 atom stereocenters. The molecule has 0 spiro atoms. The van der Waals surface area contributed by atoms with Crippen LogP contribution in [0.15, 0.2) is 30.3 Å². The van der Waals surface area contributed by atoms with E-state index < -0.39 is 46.8 Å². The lowest BCUT2D eigenvalue weighted by Gasteiger charge is -2.20. The largest absolute Gasteiger partial charge is 0.459 e. The molecule has 0 amide bonds. The molecule has 26 heavy (non-hydrogen) atoms. The van der Waals surface area contributed by atoms with E-state index in [1.807, 2.05) is 0 Å². The second-order valence-electron chi connectivity index (χ2n) is 5.97. The van der Waals surface area contributed by atoms with Gasteiger partial charge in [0.15, 0.2) is 6.29 Å². The van der Waals surface area contributed by atoms with Crippen LogP contribution in [0.5, 0.6) is 0 Å². The number of rotatable bonds is 6. The minimum absolute atomic E-state index is 0.297. The van der Waals surface area contributed by atoms with Crippen LogP contribution < -0.4 is 0 Å². The molecule has 0 aromatic heterocycles. The van der Waals surface area contributed by atoms with Crippen LogP contribution in [0.2, 0.25) is 0 Å². The molecule has 1 aromatic carbocycles. The van der Waals surface area contributed by atoms with E-state index in [2.05, 4.69) is 0 Å². The van der Waals surface area contributed by atoms with Gasteiger partial charge >= 0.3 is 5.97 Å². The monoisotopic (exact) mass is 388 g/mol. The first-order valence-electron chi connectivity index (χ1n) is 8.02. The lowest BCUT2D eigenvalue weighted by Crippen LogP contribution is -2.42. The van der Waals surface area contributed by atoms with E-state index in [0.717, 1.165) is 6.26 Å². The lowest BCUT2D eigenvalue weighted by atomic mass is 10.1. The van der Waals surface area contributed by atoms with Gasteiger partial charge in [-0.1, -0.05) is 18.2 Å². The highest BCUT2D eigenvalue weighted by atomic mass is 32.2. The van der Waals surface area contributed by atoms with Gasteiger partial charge in [-0.3, -0.25) is 4.18 Å². The summed E-state index contributed by atoms with van der Waals surface area (Å²) in [5, 5.41) is 10.4. The van der Waals surface area contributed by atoms with Crippen molar-refractivity contribution in [1.29, 1.82) is 0 Å². The van der Waals surface area contributed by atoms with Gasteiger partial charge < -0.3 is 24.1 Å². The van der Waals surface area contributed by atoms with E-state index in [4.69, 9.17) is 23.1 Å². The average molecular weight is 388 g/mol. The summed E-state index contributed by atoms with van der Waals surface area (Å²) in [5.41, 5.74) is 0.339. The number of benzene rings is 1. The second-order valence-corrected chi connectivity index (χ2v) is 7.57. The fraction of sp³-hybridized carbons (Fsp3) is 0.562. The molecule has 2 aliphatic rings. The van der Waals surface area contributed by atoms with Gasteiger partial charge in [0.25, 0.3) is 10.1 Å². The molecule has 144 valence electrons. The Balaban J connectivity index is 1.68. The number of aliphatic hydroxyl groups excluding tert-OH is 1. The van der Waals surface area contributed by atoms with E-state index in [1.165, 1.54) is 0 Å². The van der Waals surface area contributed by atoms with Crippen molar-refractivity contribution in [2.24, 2.45) is 0 Å². The van der Waals surface area contributed by atoms with Crippen molar-refractivity contribution >= 4 is 16.1 Å². The summed E-state index contributed by atoms with van der Waals surface area (Å²) in [6.07, 6.45) is -4.50. The predicted molar refractivity (Wildman–Crippen MR) is 86.8 cm³/mol. The smallest absolute Gasteiger partial charge is 0.338 e. The second kappa shape index (κ2) is 7.99. The molecule has 1 N–H and O–H groups in total. The summed E-state index contributed by atoms with van der Waals surface area (Å²) < 4.78 is 49.4. The highest BCUT2D eigenvalue weighted by Crippen LogP contribution is 2.30. The number of carbonyl (C=O) groups excluding carboxylic acids is 1. The van der Waals surface area contributed by atoms with Gasteiger partial charge in [-0.15, -0.1) is 0 Å². The molecule has 0 unspecified atom stereocenters. The Morgan fingerprint density at radius 3 is 2.50 bits per heavy atom. The highest BCUT2D eigenvalue weighted by Gasteiger charge is 2.51. The Kier molecular flexibility index (Phi) is 5.90. The SMILES string of the molecule is CS(=O)(=O)O[C@@H]1[C@@H](O)[C@H](C2OCCO2)O[C@H]1COC(=O)c1ccccc1. The number of hydrogen-bond donors (Lipinski definition) is 1. The van der Waals surface area contributed by atoms with Crippen LogP contribution in [0.3, 0.4) is 0 Å². The first-order valence-corrected chi connectivity index (χ1v) is 9.84. The van der Waals surface area contributed by atoms with Crippen LogP contribution in [0, 0.1) is 0 Å². The van der Waals surface area contributed by atoms with Crippen LogP contribution in [0.1, 0.15) is 10.4 Å². The zero-order valence-corrected chi connectivity index (χ0v) is 14.8. The van der Waals surface area contributed by atoms with Crippen LogP contribution >= 0.6 is 0 Å². The van der Waals surface area contributed by atoms with Crippen molar-refractivity contribution in [2.75, 3.05) is 26.1 Å². The van der Waals surface area contributed by atoms with Crippen molar-refractivity contribution in [3.63, 3.8) is 0 Å². The molecule has 2 fully saturated rings. The summed E-state index contributed by atoms with van der Waals surface area (Å²) >= 11 is 0. The molecule has 10 heteroatoms. The van der Waals surface area contributed by atoms with Gasteiger partial charge in [-0.2, -0.15) is 8.42 Å². The van der Waals surface area contributed by atoms with Crippen LogP contribution in [-0.2, 0) is 33.2 Å². The molecule has 9 nitrogen and oxygen atoms in total. The molecule has 0 saturated carbocycles. The summed E-state index contributed by atoms with van der Waals surface area (Å²) in [6.45, 7) is 0.374. The van der Waals surface area contributed by atoms with Gasteiger partial charge in [0, 0.05) is 0 Å². The summed E-state index contributed by atoms with van der Waals surface area (Å²) in [5.74, 6) is -0.599. The third kappa shape index (κ3) is 4.58. The van der Waals surface area contributed by atoms with Crippen molar-refractivity contribution < 1.29 is 41.4 Å². The van der Waals surface area contributed by atoms with Crippen molar-refractivity contribution in [3.8, 4) is 0 Å². The Morgan fingerprint density at radius 2 is 1.88 bits per heavy atom. The molecule has 2 heterocycles. The van der Waals surface area contributed by atoms with E-state index in [0.29, 0.717) is 18.8 Å². The predicted octanol–water partition coefficient (Wildman–Crippen LogP) is -0.311. The molecule has 0 aliphatic carbocycles. The molecule has 2 aliphatic heterocycles. The third-order valence-corrected chi connectivity index (χ3v) is 4.53. The van der Waals surface area contributed by atoms with E-state index in [1.54, 1.807) is 30.3 Å². The topological polar surface area (TPSA) is 118 Å². The minimum Gasteiger partial charge on any atom is -0.459 e. The Hall–Kier alpha value is -1.56. The minimum atomic E-state index is -3.87. The maximum atomic E-state index is 12.1. The molecular formula is C16H20O9S. The summed E-state index contributed by atoms with van der Waals surface area (Å²) in [7, 11) is -3.87. The van der Waals surface area contributed by atoms with Gasteiger partial charge in [-0.05, 0) is 12.1 Å². The van der Waals surface area contributed by atoms with Gasteiger partial charge in [-0.25, -0.2) is 4.79 Å². The van der Waals surface area contributed by atoms with Crippen LogP contribution in [-0.4, -0.2) is 76.3 Å². The highest BCUT2D eigenvalue weighted by molar-refractivity contribution is 7.86. The molecule has 3 rings (SSSR count). The van der Waals surface area contributed by atoms with Gasteiger partial charge in [0.1, 0.15) is 31.0 Å². The van der Waals surface area contributed by atoms with Crippen molar-refractivity contribution in [1.82, 2.24) is 0 Å². The normalized spacial score (nSPS) is 29.8. The van der Waals surface area contributed by atoms with E-state index in [-0.39, 0.29) is 6.61 Å². The van der Waals surface area contributed by atoms with Crippen molar-refractivity contribution in [2.45, 2.75) is 30.7 Å². The lowest BCUT2D eigenvalue weighted by molar-refractivity contribution is -0.160. The average Bonchev–Trinajstić information content (AvgIpc) is 3.22. The number of esters is 1. The number of carbonyl (C=O) groups is 1. The fourth-order valence-corrected chi connectivity index (χ4v) is 3.47. The zero-order valence-electron chi connectivity index (χ0n) is 14.0. The van der Waals surface area contributed by atoms with Crippen molar-refractivity contribution in [3.05, 3.63) is 35.9 Å². The number of aliphatic hydroxyl groups is 1. The number of ether oxygens (including phenoxy) is 4. The summed E-state index contributed by atoms with van der Waals surface area (Å²) in [6, 6.07) is 8.30. The third-order valence-electron chi connectivity index (χ3n) is 3.96. The summed E-state index contributed by atoms with van der Waals surface area (Å²) in [4.78, 5) is 12.1. The Bertz CT molecular complexity index is 714. The van der Waals surface area contributed by atoms with Gasteiger partial charge in [0.05, 0.1) is 25.0 Å². The van der Waals surface area contributed by atoms with Crippen LogP contribution in [0.4, 0.5) is 0 Å². The molecule has 2 saturated heterocycles. The van der Waals surface area contributed by atoms with Crippen LogP contribution in [0.25, 0.3) is 0 Å². The first-order chi connectivity index (χ1) is 12.3. The maximum absolute atomic E-state index is 12.1. The molecular weight excluding hydrogens is 368 g/mol. The number of hydrogen-bond acceptors (Lipinski definition) is 9. The Morgan fingerprint density at radius 1 is 1.23 bits per heavy atom. The fourth-order valence-electron chi connectivity index (χ4n) is 2.83. The Labute approximate surface area is 150 Å². The first kappa shape index (κ1) is 19.2. The van der Waals surface area contributed by atoms with Gasteiger partial charge in [0.2, 0.25) is 0 Å². The van der Waals surface area contributed by atoms with E-state index in [9.17, 15) is 18.3 Å². The molecule has 0 radical (unpaired) electrons. The maximum Gasteiger partial charge on any atom is 0.338 e. The van der Waals surface area contributed by atoms with E-state index >= 15 is 0 Å². The quantitative estimate of drug-likeness (QED) is 0.517.